The van der Waals surface area contributed by atoms with Gasteiger partial charge in [-0.15, -0.1) is 0 Å². The van der Waals surface area contributed by atoms with E-state index in [9.17, 15) is 14.0 Å². The van der Waals surface area contributed by atoms with Gasteiger partial charge in [-0.25, -0.2) is 19.0 Å². The standard InChI is InChI=1S/C18H18FN3O5/c1-11-20-6-7-21(11)15-5-4-12(8-14(15)19)22-10-27-9-13(17(23)25-2)16(22)18(24)26-3/h4-8H,9-10H2,1-3H3. The maximum atomic E-state index is 14.7. The molecule has 9 heteroatoms. The SMILES string of the molecule is COC(=O)C1=C(C(=O)OC)N(c2ccc(-n3ccnc3C)c(F)c2)COC1. The van der Waals surface area contributed by atoms with E-state index in [4.69, 9.17) is 14.2 Å². The van der Waals surface area contributed by atoms with E-state index in [1.807, 2.05) is 0 Å². The summed E-state index contributed by atoms with van der Waals surface area (Å²) in [6.07, 6.45) is 3.22. The van der Waals surface area contributed by atoms with Crippen LogP contribution in [0.1, 0.15) is 5.82 Å². The zero-order chi connectivity index (χ0) is 19.6. The Balaban J connectivity index is 2.06. The quantitative estimate of drug-likeness (QED) is 0.753. The predicted octanol–water partition coefficient (Wildman–Crippen LogP) is 1.71. The summed E-state index contributed by atoms with van der Waals surface area (Å²) < 4.78 is 31.2. The van der Waals surface area contributed by atoms with E-state index < -0.39 is 17.8 Å². The summed E-state index contributed by atoms with van der Waals surface area (Å²) in [5, 5.41) is 0. The molecule has 1 aromatic heterocycles. The molecule has 1 aliphatic heterocycles. The van der Waals surface area contributed by atoms with Crippen LogP contribution in [0.3, 0.4) is 0 Å². The molecular formula is C18H18FN3O5. The van der Waals surface area contributed by atoms with Crippen molar-refractivity contribution in [1.82, 2.24) is 9.55 Å². The number of imidazole rings is 1. The Bertz CT molecular complexity index is 921. The fourth-order valence-electron chi connectivity index (χ4n) is 2.84. The fourth-order valence-corrected chi connectivity index (χ4v) is 2.84. The lowest BCUT2D eigenvalue weighted by Gasteiger charge is -2.31. The van der Waals surface area contributed by atoms with Crippen LogP contribution in [0.4, 0.5) is 10.1 Å². The van der Waals surface area contributed by atoms with E-state index in [2.05, 4.69) is 4.98 Å². The van der Waals surface area contributed by atoms with Crippen LogP contribution in [0.25, 0.3) is 5.69 Å². The molecule has 0 fully saturated rings. The molecule has 1 aromatic carbocycles. The first-order valence-corrected chi connectivity index (χ1v) is 8.02. The smallest absolute Gasteiger partial charge is 0.355 e. The molecule has 0 aliphatic carbocycles. The Morgan fingerprint density at radius 2 is 1.96 bits per heavy atom. The molecule has 27 heavy (non-hydrogen) atoms. The molecule has 2 heterocycles. The van der Waals surface area contributed by atoms with Gasteiger partial charge in [0.1, 0.15) is 24.1 Å². The maximum absolute atomic E-state index is 14.7. The normalized spacial score (nSPS) is 14.3. The molecule has 0 unspecified atom stereocenters. The molecule has 0 radical (unpaired) electrons. The van der Waals surface area contributed by atoms with Gasteiger partial charge in [0.25, 0.3) is 0 Å². The number of hydrogen-bond acceptors (Lipinski definition) is 7. The van der Waals surface area contributed by atoms with Crippen molar-refractivity contribution in [2.24, 2.45) is 0 Å². The minimum absolute atomic E-state index is 0.00513. The van der Waals surface area contributed by atoms with Gasteiger partial charge >= 0.3 is 11.9 Å². The number of aromatic nitrogens is 2. The van der Waals surface area contributed by atoms with Crippen molar-refractivity contribution >= 4 is 17.6 Å². The summed E-state index contributed by atoms with van der Waals surface area (Å²) >= 11 is 0. The van der Waals surface area contributed by atoms with Crippen LogP contribution in [0.5, 0.6) is 0 Å². The molecule has 0 atom stereocenters. The summed E-state index contributed by atoms with van der Waals surface area (Å²) in [7, 11) is 2.40. The Morgan fingerprint density at radius 1 is 1.22 bits per heavy atom. The highest BCUT2D eigenvalue weighted by Gasteiger charge is 2.32. The summed E-state index contributed by atoms with van der Waals surface area (Å²) in [5.74, 6) is -1.35. The number of hydrogen-bond donors (Lipinski definition) is 0. The number of methoxy groups -OCH3 is 2. The minimum Gasteiger partial charge on any atom is -0.466 e. The lowest BCUT2D eigenvalue weighted by Crippen LogP contribution is -2.38. The van der Waals surface area contributed by atoms with Gasteiger partial charge in [-0.05, 0) is 25.1 Å². The number of nitrogens with zero attached hydrogens (tertiary/aromatic N) is 3. The molecule has 8 nitrogen and oxygen atoms in total. The Labute approximate surface area is 154 Å². The second-order valence-corrected chi connectivity index (χ2v) is 5.70. The van der Waals surface area contributed by atoms with Crippen molar-refractivity contribution in [1.29, 1.82) is 0 Å². The van der Waals surface area contributed by atoms with Crippen LogP contribution in [-0.4, -0.2) is 49.0 Å². The first kappa shape index (κ1) is 18.6. The minimum atomic E-state index is -0.742. The second kappa shape index (κ2) is 7.58. The number of halogens is 1. The maximum Gasteiger partial charge on any atom is 0.355 e. The van der Waals surface area contributed by atoms with E-state index in [1.165, 1.54) is 25.2 Å². The lowest BCUT2D eigenvalue weighted by molar-refractivity contribution is -0.140. The van der Waals surface area contributed by atoms with Gasteiger partial charge in [0.2, 0.25) is 0 Å². The van der Waals surface area contributed by atoms with E-state index >= 15 is 0 Å². The monoisotopic (exact) mass is 375 g/mol. The first-order chi connectivity index (χ1) is 13.0. The third kappa shape index (κ3) is 3.41. The molecule has 1 aliphatic rings. The van der Waals surface area contributed by atoms with Crippen LogP contribution in [0.2, 0.25) is 0 Å². The highest BCUT2D eigenvalue weighted by molar-refractivity contribution is 6.03. The zero-order valence-corrected chi connectivity index (χ0v) is 15.1. The van der Waals surface area contributed by atoms with Crippen LogP contribution < -0.4 is 4.90 Å². The second-order valence-electron chi connectivity index (χ2n) is 5.70. The third-order valence-electron chi connectivity index (χ3n) is 4.16. The summed E-state index contributed by atoms with van der Waals surface area (Å²) in [6.45, 7) is 1.60. The van der Waals surface area contributed by atoms with Crippen molar-refractivity contribution in [3.8, 4) is 5.69 Å². The molecule has 0 saturated heterocycles. The zero-order valence-electron chi connectivity index (χ0n) is 15.1. The van der Waals surface area contributed by atoms with Crippen LogP contribution in [0.15, 0.2) is 41.9 Å². The first-order valence-electron chi connectivity index (χ1n) is 8.02. The molecular weight excluding hydrogens is 357 g/mol. The van der Waals surface area contributed by atoms with Gasteiger partial charge < -0.3 is 23.7 Å². The predicted molar refractivity (Wildman–Crippen MR) is 92.6 cm³/mol. The molecule has 0 spiro atoms. The van der Waals surface area contributed by atoms with Crippen molar-refractivity contribution in [3.05, 3.63) is 53.5 Å². The Kier molecular flexibility index (Phi) is 5.22. The molecule has 3 rings (SSSR count). The number of carbonyl (C=O) groups is 2. The summed E-state index contributed by atoms with van der Waals surface area (Å²) in [4.78, 5) is 29.7. The van der Waals surface area contributed by atoms with E-state index in [0.29, 0.717) is 17.2 Å². The van der Waals surface area contributed by atoms with E-state index in [-0.39, 0.29) is 24.6 Å². The van der Waals surface area contributed by atoms with Crippen molar-refractivity contribution in [3.63, 3.8) is 0 Å². The largest absolute Gasteiger partial charge is 0.466 e. The number of benzene rings is 1. The molecule has 142 valence electrons. The Morgan fingerprint density at radius 3 is 2.56 bits per heavy atom. The number of anilines is 1. The number of ether oxygens (including phenoxy) is 3. The number of carbonyl (C=O) groups excluding carboxylic acids is 2. The molecule has 0 amide bonds. The van der Waals surface area contributed by atoms with E-state index in [0.717, 1.165) is 0 Å². The van der Waals surface area contributed by atoms with Gasteiger partial charge in [-0.2, -0.15) is 0 Å². The summed E-state index contributed by atoms with van der Waals surface area (Å²) in [5.41, 5.74) is 0.603. The van der Waals surface area contributed by atoms with Crippen LogP contribution in [-0.2, 0) is 23.8 Å². The number of aryl methyl sites for hydroxylation is 1. The molecule has 0 N–H and O–H groups in total. The van der Waals surface area contributed by atoms with Gasteiger partial charge in [0.15, 0.2) is 0 Å². The van der Waals surface area contributed by atoms with Gasteiger partial charge in [0.05, 0.1) is 32.1 Å². The van der Waals surface area contributed by atoms with Crippen LogP contribution in [0, 0.1) is 12.7 Å². The van der Waals surface area contributed by atoms with Crippen LogP contribution >= 0.6 is 0 Å². The van der Waals surface area contributed by atoms with Gasteiger partial charge in [-0.3, -0.25) is 0 Å². The van der Waals surface area contributed by atoms with E-state index in [1.54, 1.807) is 36.0 Å². The highest BCUT2D eigenvalue weighted by Crippen LogP contribution is 2.29. The average Bonchev–Trinajstić information content (AvgIpc) is 3.11. The number of esters is 2. The van der Waals surface area contributed by atoms with Gasteiger partial charge in [-0.1, -0.05) is 0 Å². The average molecular weight is 375 g/mol. The number of rotatable bonds is 4. The highest BCUT2D eigenvalue weighted by atomic mass is 19.1. The molecule has 0 saturated carbocycles. The molecule has 0 bridgehead atoms. The van der Waals surface area contributed by atoms with Gasteiger partial charge in [0, 0.05) is 18.1 Å². The summed E-state index contributed by atoms with van der Waals surface area (Å²) in [6, 6.07) is 4.42. The fraction of sp³-hybridized carbons (Fsp3) is 0.278. The Hall–Kier alpha value is -3.20. The van der Waals surface area contributed by atoms with Crippen molar-refractivity contribution < 1.29 is 28.2 Å². The van der Waals surface area contributed by atoms with Crippen molar-refractivity contribution in [2.75, 3.05) is 32.5 Å². The molecule has 2 aromatic rings. The third-order valence-corrected chi connectivity index (χ3v) is 4.16. The topological polar surface area (TPSA) is 82.9 Å². The van der Waals surface area contributed by atoms with Crippen molar-refractivity contribution in [2.45, 2.75) is 6.92 Å². The lowest BCUT2D eigenvalue weighted by atomic mass is 10.1.